The molecule has 3 saturated heterocycles. The second-order valence-corrected chi connectivity index (χ2v) is 4.35. The number of hydrogen-bond acceptors (Lipinski definition) is 2. The Morgan fingerprint density at radius 3 is 2.27 bits per heavy atom. The third-order valence-electron chi connectivity index (χ3n) is 3.51. The first kappa shape index (κ1) is 6.18. The maximum absolute atomic E-state index is 11.5. The van der Waals surface area contributed by atoms with Crippen LogP contribution in [0.1, 0.15) is 12.8 Å². The third kappa shape index (κ3) is 0.734. The lowest BCUT2D eigenvalue weighted by molar-refractivity contribution is -0.142. The number of hydrogen-bond donors (Lipinski definition) is 0. The summed E-state index contributed by atoms with van der Waals surface area (Å²) in [4.78, 5) is 14.0. The molecule has 2 atom stereocenters. The molecule has 3 aliphatic heterocycles. The van der Waals surface area contributed by atoms with Gasteiger partial charge in [-0.3, -0.25) is 4.79 Å². The van der Waals surface area contributed by atoms with Crippen LogP contribution < -0.4 is 0 Å². The van der Waals surface area contributed by atoms with Crippen LogP contribution in [-0.4, -0.2) is 30.3 Å². The molecule has 0 aromatic heterocycles. The fourth-order valence-electron chi connectivity index (χ4n) is 3.16. The van der Waals surface area contributed by atoms with Crippen molar-refractivity contribution in [2.45, 2.75) is 12.8 Å². The number of carbonyl (C=O) groups excluding carboxylic acids is 1. The highest BCUT2D eigenvalue weighted by Gasteiger charge is 2.46. The normalized spacial score (nSPS) is 53.6. The highest BCUT2D eigenvalue weighted by atomic mass is 16.1. The van der Waals surface area contributed by atoms with Gasteiger partial charge in [0.25, 0.3) is 0 Å². The summed E-state index contributed by atoms with van der Waals surface area (Å²) in [7, 11) is 0. The predicted octanol–water partition coefficient (Wildman–Crippen LogP) is 0.527. The van der Waals surface area contributed by atoms with Crippen LogP contribution in [0, 0.1) is 17.8 Å². The summed E-state index contributed by atoms with van der Waals surface area (Å²) in [5.74, 6) is 2.31. The van der Waals surface area contributed by atoms with Gasteiger partial charge in [-0.25, -0.2) is 0 Å². The smallest absolute Gasteiger partial charge is 0.141 e. The molecule has 2 heteroatoms. The Morgan fingerprint density at radius 2 is 1.73 bits per heavy atom. The van der Waals surface area contributed by atoms with Crippen molar-refractivity contribution in [2.24, 2.45) is 17.8 Å². The number of rotatable bonds is 0. The number of nitrogens with zero attached hydrogens (tertiary/aromatic N) is 1. The first-order valence-corrected chi connectivity index (χ1v) is 4.59. The van der Waals surface area contributed by atoms with E-state index in [1.165, 1.54) is 19.4 Å². The Balaban J connectivity index is 1.96. The summed E-state index contributed by atoms with van der Waals surface area (Å²) in [5.41, 5.74) is 0. The molecule has 0 spiro atoms. The summed E-state index contributed by atoms with van der Waals surface area (Å²) in [6, 6.07) is 0. The molecule has 0 aromatic rings. The van der Waals surface area contributed by atoms with E-state index in [-0.39, 0.29) is 0 Å². The van der Waals surface area contributed by atoms with Gasteiger partial charge in [-0.15, -0.1) is 0 Å². The van der Waals surface area contributed by atoms with Gasteiger partial charge in [0.2, 0.25) is 0 Å². The van der Waals surface area contributed by atoms with Gasteiger partial charge >= 0.3 is 0 Å². The average Bonchev–Trinajstić information content (AvgIpc) is 1.98. The van der Waals surface area contributed by atoms with Gasteiger partial charge in [0, 0.05) is 31.5 Å². The van der Waals surface area contributed by atoms with E-state index in [1.54, 1.807) is 0 Å². The zero-order valence-electron chi connectivity index (χ0n) is 6.62. The Bertz CT molecular complexity index is 182. The number of carbonyl (C=O) groups is 1. The second kappa shape index (κ2) is 1.86. The van der Waals surface area contributed by atoms with Crippen LogP contribution in [0.15, 0.2) is 0 Å². The van der Waals surface area contributed by atoms with E-state index >= 15 is 0 Å². The van der Waals surface area contributed by atoms with E-state index in [0.29, 0.717) is 17.6 Å². The summed E-state index contributed by atoms with van der Waals surface area (Å²) < 4.78 is 0. The van der Waals surface area contributed by atoms with Crippen LogP contribution in [0.4, 0.5) is 0 Å². The van der Waals surface area contributed by atoms with E-state index in [9.17, 15) is 4.79 Å². The fourth-order valence-corrected chi connectivity index (χ4v) is 3.16. The predicted molar refractivity (Wildman–Crippen MR) is 41.2 cm³/mol. The van der Waals surface area contributed by atoms with Gasteiger partial charge < -0.3 is 4.90 Å². The number of Topliss-reactive ketones (excluding diaryl/α,β-unsaturated/α-hetero) is 1. The molecule has 2 nitrogen and oxygen atoms in total. The zero-order valence-corrected chi connectivity index (χ0v) is 6.62. The molecule has 4 aliphatic rings. The summed E-state index contributed by atoms with van der Waals surface area (Å²) in [6.45, 7) is 3.43. The van der Waals surface area contributed by atoms with Crippen LogP contribution in [0.25, 0.3) is 0 Å². The lowest BCUT2D eigenvalue weighted by Gasteiger charge is -2.50. The molecule has 4 fully saturated rings. The molecule has 60 valence electrons. The van der Waals surface area contributed by atoms with E-state index in [4.69, 9.17) is 0 Å². The van der Waals surface area contributed by atoms with Crippen LogP contribution in [0.2, 0.25) is 0 Å². The maximum atomic E-state index is 11.5. The molecule has 4 rings (SSSR count). The van der Waals surface area contributed by atoms with Crippen LogP contribution >= 0.6 is 0 Å². The van der Waals surface area contributed by atoms with Crippen molar-refractivity contribution in [1.82, 2.24) is 4.90 Å². The standard InChI is InChI=1S/C9H13NO/c11-9-7-1-6-2-8(9)5-10(3-6)4-7/h6-8H,1-5H2/t7-,8-/m0/s1. The van der Waals surface area contributed by atoms with E-state index in [0.717, 1.165) is 19.0 Å². The van der Waals surface area contributed by atoms with Crippen molar-refractivity contribution in [3.05, 3.63) is 0 Å². The molecule has 0 N–H and O–H groups in total. The fraction of sp³-hybridized carbons (Fsp3) is 0.889. The van der Waals surface area contributed by atoms with Crippen molar-refractivity contribution in [3.8, 4) is 0 Å². The molecule has 0 radical (unpaired) electrons. The van der Waals surface area contributed by atoms with E-state index < -0.39 is 0 Å². The SMILES string of the molecule is O=C1[C@H]2CC3C[C@H]1CN(C3)C2. The van der Waals surface area contributed by atoms with Gasteiger partial charge in [0.05, 0.1) is 0 Å². The molecule has 4 bridgehead atoms. The Labute approximate surface area is 66.6 Å². The molecular formula is C9H13NO. The topological polar surface area (TPSA) is 20.3 Å². The molecule has 0 unspecified atom stereocenters. The molecule has 0 amide bonds. The first-order chi connectivity index (χ1) is 5.33. The van der Waals surface area contributed by atoms with Crippen molar-refractivity contribution in [3.63, 3.8) is 0 Å². The minimum absolute atomic E-state index is 0.432. The summed E-state index contributed by atoms with van der Waals surface area (Å²) in [5, 5.41) is 0. The Kier molecular flexibility index (Phi) is 1.05. The molecule has 1 saturated carbocycles. The largest absolute Gasteiger partial charge is 0.302 e. The maximum Gasteiger partial charge on any atom is 0.141 e. The monoisotopic (exact) mass is 151 g/mol. The second-order valence-electron chi connectivity index (χ2n) is 4.35. The van der Waals surface area contributed by atoms with Gasteiger partial charge in [-0.05, 0) is 18.8 Å². The van der Waals surface area contributed by atoms with Crippen LogP contribution in [-0.2, 0) is 4.79 Å². The third-order valence-corrected chi connectivity index (χ3v) is 3.51. The van der Waals surface area contributed by atoms with Crippen molar-refractivity contribution < 1.29 is 4.79 Å². The summed E-state index contributed by atoms with van der Waals surface area (Å²) in [6.07, 6.45) is 2.40. The van der Waals surface area contributed by atoms with Crippen LogP contribution in [0.5, 0.6) is 0 Å². The highest BCUT2D eigenvalue weighted by molar-refractivity contribution is 5.85. The Hall–Kier alpha value is -0.370. The quantitative estimate of drug-likeness (QED) is 0.503. The first-order valence-electron chi connectivity index (χ1n) is 4.59. The van der Waals surface area contributed by atoms with Crippen molar-refractivity contribution >= 4 is 5.78 Å². The Morgan fingerprint density at radius 1 is 1.09 bits per heavy atom. The molecule has 0 aromatic carbocycles. The molecule has 11 heavy (non-hydrogen) atoms. The van der Waals surface area contributed by atoms with Gasteiger partial charge in [0.1, 0.15) is 5.78 Å². The van der Waals surface area contributed by atoms with Crippen LogP contribution in [0.3, 0.4) is 0 Å². The lowest BCUT2D eigenvalue weighted by Crippen LogP contribution is -2.58. The van der Waals surface area contributed by atoms with E-state index in [2.05, 4.69) is 4.90 Å². The number of ketones is 1. The van der Waals surface area contributed by atoms with Gasteiger partial charge in [0.15, 0.2) is 0 Å². The van der Waals surface area contributed by atoms with Crippen molar-refractivity contribution in [1.29, 1.82) is 0 Å². The van der Waals surface area contributed by atoms with E-state index in [1.807, 2.05) is 0 Å². The highest BCUT2D eigenvalue weighted by Crippen LogP contribution is 2.40. The molecular weight excluding hydrogens is 138 g/mol. The van der Waals surface area contributed by atoms with Gasteiger partial charge in [-0.2, -0.15) is 0 Å². The number of piperidine rings is 3. The van der Waals surface area contributed by atoms with Gasteiger partial charge in [-0.1, -0.05) is 0 Å². The summed E-state index contributed by atoms with van der Waals surface area (Å²) >= 11 is 0. The molecule has 1 aliphatic carbocycles. The average molecular weight is 151 g/mol. The van der Waals surface area contributed by atoms with Crippen molar-refractivity contribution in [2.75, 3.05) is 19.6 Å². The molecule has 3 heterocycles. The lowest BCUT2D eigenvalue weighted by atomic mass is 9.67. The minimum Gasteiger partial charge on any atom is -0.302 e. The minimum atomic E-state index is 0.432. The zero-order chi connectivity index (χ0) is 7.42.